The molecule has 0 amide bonds. The summed E-state index contributed by atoms with van der Waals surface area (Å²) in [5.74, 6) is 0. The molecule has 0 aliphatic heterocycles. The van der Waals surface area contributed by atoms with Crippen LogP contribution in [0.25, 0.3) is 10.1 Å². The molecule has 17 heavy (non-hydrogen) atoms. The van der Waals surface area contributed by atoms with Crippen LogP contribution in [-0.4, -0.2) is 31.8 Å². The van der Waals surface area contributed by atoms with Crippen molar-refractivity contribution in [2.75, 3.05) is 11.0 Å². The zero-order valence-electron chi connectivity index (χ0n) is 8.91. The number of hydrogen-bond donors (Lipinski definition) is 3. The van der Waals surface area contributed by atoms with E-state index in [0.717, 1.165) is 16.3 Å². The molecule has 1 aromatic heterocycles. The summed E-state index contributed by atoms with van der Waals surface area (Å²) < 4.78 is 25.8. The van der Waals surface area contributed by atoms with Crippen LogP contribution in [-0.2, 0) is 10.0 Å². The van der Waals surface area contributed by atoms with Crippen LogP contribution < -0.4 is 9.50 Å². The second-order valence-electron chi connectivity index (χ2n) is 3.65. The third-order valence-electron chi connectivity index (χ3n) is 2.09. The van der Waals surface area contributed by atoms with Crippen molar-refractivity contribution in [1.29, 1.82) is 0 Å². The Morgan fingerprint density at radius 2 is 2.00 bits per heavy atom. The van der Waals surface area contributed by atoms with E-state index in [4.69, 9.17) is 10.0 Å². The molecule has 0 saturated heterocycles. The van der Waals surface area contributed by atoms with Crippen molar-refractivity contribution >= 4 is 49.0 Å². The minimum atomic E-state index is -3.30. The van der Waals surface area contributed by atoms with E-state index >= 15 is 0 Å². The Kier molecular flexibility index (Phi) is 3.13. The first-order chi connectivity index (χ1) is 7.85. The molecule has 0 saturated carbocycles. The Bertz CT molecular complexity index is 650. The van der Waals surface area contributed by atoms with Gasteiger partial charge in [-0.1, -0.05) is 0 Å². The molecule has 8 heteroatoms. The molecule has 90 valence electrons. The number of hydrogen-bond acceptors (Lipinski definition) is 5. The SMILES string of the molecule is CS(=O)(=O)Nc1ccc2sc(B(O)O)cc2c1. The van der Waals surface area contributed by atoms with Gasteiger partial charge in [-0.2, -0.15) is 0 Å². The quantitative estimate of drug-likeness (QED) is 0.683. The first-order valence-corrected chi connectivity index (χ1v) is 7.43. The monoisotopic (exact) mass is 271 g/mol. The van der Waals surface area contributed by atoms with E-state index in [9.17, 15) is 8.42 Å². The van der Waals surface area contributed by atoms with Crippen LogP contribution in [0.1, 0.15) is 0 Å². The topological polar surface area (TPSA) is 86.6 Å². The number of rotatable bonds is 3. The molecule has 2 rings (SSSR count). The zero-order valence-corrected chi connectivity index (χ0v) is 10.5. The highest BCUT2D eigenvalue weighted by molar-refractivity contribution is 7.92. The first-order valence-electron chi connectivity index (χ1n) is 4.72. The third-order valence-corrected chi connectivity index (χ3v) is 3.86. The van der Waals surface area contributed by atoms with Gasteiger partial charge in [0.05, 0.1) is 6.26 Å². The fourth-order valence-electron chi connectivity index (χ4n) is 1.47. The molecule has 0 radical (unpaired) electrons. The van der Waals surface area contributed by atoms with E-state index < -0.39 is 17.1 Å². The minimum Gasteiger partial charge on any atom is -0.423 e. The van der Waals surface area contributed by atoms with Crippen LogP contribution in [0.15, 0.2) is 24.3 Å². The molecular weight excluding hydrogens is 261 g/mol. The summed E-state index contributed by atoms with van der Waals surface area (Å²) in [5, 5.41) is 18.8. The molecule has 0 atom stereocenters. The van der Waals surface area contributed by atoms with Gasteiger partial charge in [0.15, 0.2) is 0 Å². The lowest BCUT2D eigenvalue weighted by Crippen LogP contribution is -2.26. The average molecular weight is 271 g/mol. The van der Waals surface area contributed by atoms with Crippen LogP contribution in [0.5, 0.6) is 0 Å². The predicted molar refractivity (Wildman–Crippen MR) is 70.1 cm³/mol. The lowest BCUT2D eigenvalue weighted by molar-refractivity contribution is 0.427. The number of fused-ring (bicyclic) bond motifs is 1. The lowest BCUT2D eigenvalue weighted by Gasteiger charge is -2.02. The summed E-state index contributed by atoms with van der Waals surface area (Å²) in [5.41, 5.74) is 0.455. The van der Waals surface area contributed by atoms with E-state index in [1.807, 2.05) is 0 Å². The fourth-order valence-corrected chi connectivity index (χ4v) is 2.94. The number of benzene rings is 1. The standard InChI is InChI=1S/C9H10BNO4S2/c1-17(14,15)11-7-2-3-8-6(4-7)5-9(16-8)10(12)13/h2-5,11-13H,1H3. The van der Waals surface area contributed by atoms with Gasteiger partial charge in [-0.05, 0) is 29.7 Å². The van der Waals surface area contributed by atoms with Crippen molar-refractivity contribution in [2.45, 2.75) is 0 Å². The number of sulfonamides is 1. The normalized spacial score (nSPS) is 11.7. The summed E-state index contributed by atoms with van der Waals surface area (Å²) in [6.45, 7) is 0. The Morgan fingerprint density at radius 3 is 2.59 bits per heavy atom. The molecule has 0 bridgehead atoms. The smallest absolute Gasteiger partial charge is 0.423 e. The highest BCUT2D eigenvalue weighted by Crippen LogP contribution is 2.23. The number of anilines is 1. The summed E-state index contributed by atoms with van der Waals surface area (Å²) >= 11 is 1.25. The van der Waals surface area contributed by atoms with Crippen molar-refractivity contribution in [3.8, 4) is 0 Å². The molecule has 0 spiro atoms. The minimum absolute atomic E-state index is 0.427. The van der Waals surface area contributed by atoms with Gasteiger partial charge >= 0.3 is 7.12 Å². The van der Waals surface area contributed by atoms with E-state index in [1.165, 1.54) is 11.3 Å². The molecule has 3 N–H and O–H groups in total. The van der Waals surface area contributed by atoms with Crippen LogP contribution >= 0.6 is 11.3 Å². The second-order valence-corrected chi connectivity index (χ2v) is 6.51. The predicted octanol–water partition coefficient (Wildman–Crippen LogP) is -0.0474. The zero-order chi connectivity index (χ0) is 12.6. The van der Waals surface area contributed by atoms with E-state index in [0.29, 0.717) is 10.5 Å². The lowest BCUT2D eigenvalue weighted by atomic mass is 9.89. The van der Waals surface area contributed by atoms with Gasteiger partial charge in [0.25, 0.3) is 0 Å². The maximum atomic E-state index is 11.1. The largest absolute Gasteiger partial charge is 0.499 e. The van der Waals surface area contributed by atoms with Crippen molar-refractivity contribution in [1.82, 2.24) is 0 Å². The summed E-state index contributed by atoms with van der Waals surface area (Å²) in [7, 11) is -4.80. The Hall–Kier alpha value is -1.09. The summed E-state index contributed by atoms with van der Waals surface area (Å²) in [4.78, 5) is 0. The summed E-state index contributed by atoms with van der Waals surface area (Å²) in [6, 6.07) is 6.64. The van der Waals surface area contributed by atoms with Crippen LogP contribution in [0, 0.1) is 0 Å². The Morgan fingerprint density at radius 1 is 1.29 bits per heavy atom. The van der Waals surface area contributed by atoms with Gasteiger partial charge in [0.2, 0.25) is 10.0 Å². The van der Waals surface area contributed by atoms with Crippen LogP contribution in [0.4, 0.5) is 5.69 Å². The average Bonchev–Trinajstić information content (AvgIpc) is 2.57. The van der Waals surface area contributed by atoms with Gasteiger partial charge in [-0.15, -0.1) is 11.3 Å². The van der Waals surface area contributed by atoms with Gasteiger partial charge in [-0.25, -0.2) is 8.42 Å². The molecular formula is C9H10BNO4S2. The van der Waals surface area contributed by atoms with Crippen molar-refractivity contribution < 1.29 is 18.5 Å². The third kappa shape index (κ3) is 2.98. The van der Waals surface area contributed by atoms with E-state index in [-0.39, 0.29) is 0 Å². The summed E-state index contributed by atoms with van der Waals surface area (Å²) in [6.07, 6.45) is 1.08. The van der Waals surface area contributed by atoms with Crippen molar-refractivity contribution in [2.24, 2.45) is 0 Å². The number of nitrogens with one attached hydrogen (secondary N) is 1. The molecule has 0 aliphatic carbocycles. The van der Waals surface area contributed by atoms with Gasteiger partial charge in [0, 0.05) is 15.2 Å². The van der Waals surface area contributed by atoms with Crippen LogP contribution in [0.2, 0.25) is 0 Å². The van der Waals surface area contributed by atoms with Gasteiger partial charge < -0.3 is 10.0 Å². The van der Waals surface area contributed by atoms with E-state index in [2.05, 4.69) is 4.72 Å². The number of thiophene rings is 1. The molecule has 2 aromatic rings. The van der Waals surface area contributed by atoms with Gasteiger partial charge in [-0.3, -0.25) is 4.72 Å². The first kappa shape index (κ1) is 12.4. The van der Waals surface area contributed by atoms with Gasteiger partial charge in [0.1, 0.15) is 0 Å². The Balaban J connectivity index is 2.43. The highest BCUT2D eigenvalue weighted by Gasteiger charge is 2.14. The van der Waals surface area contributed by atoms with Crippen molar-refractivity contribution in [3.05, 3.63) is 24.3 Å². The molecule has 0 fully saturated rings. The van der Waals surface area contributed by atoms with E-state index in [1.54, 1.807) is 24.3 Å². The van der Waals surface area contributed by atoms with Crippen LogP contribution in [0.3, 0.4) is 0 Å². The maximum Gasteiger partial charge on any atom is 0.499 e. The molecule has 0 unspecified atom stereocenters. The molecule has 1 aromatic carbocycles. The maximum absolute atomic E-state index is 11.1. The molecule has 5 nitrogen and oxygen atoms in total. The van der Waals surface area contributed by atoms with Crippen molar-refractivity contribution in [3.63, 3.8) is 0 Å². The highest BCUT2D eigenvalue weighted by atomic mass is 32.2. The second kappa shape index (κ2) is 4.30. The Labute approximate surface area is 103 Å². The molecule has 0 aliphatic rings. The molecule has 1 heterocycles. The fraction of sp³-hybridized carbons (Fsp3) is 0.111.